The molecular formula is C8H10ClN3O. The third-order valence-corrected chi connectivity index (χ3v) is 2.05. The zero-order chi connectivity index (χ0) is 9.84. The summed E-state index contributed by atoms with van der Waals surface area (Å²) in [5.74, 6) is 0. The summed E-state index contributed by atoms with van der Waals surface area (Å²) in [5, 5.41) is 10.8. The van der Waals surface area contributed by atoms with Gasteiger partial charge in [0.05, 0.1) is 17.2 Å². The predicted molar refractivity (Wildman–Crippen MR) is 49.4 cm³/mol. The molecule has 1 rings (SSSR count). The predicted octanol–water partition coefficient (Wildman–Crippen LogP) is 1.78. The van der Waals surface area contributed by atoms with Crippen LogP contribution in [0.25, 0.3) is 5.53 Å². The lowest BCUT2D eigenvalue weighted by Crippen LogP contribution is -2.20. The van der Waals surface area contributed by atoms with Crippen molar-refractivity contribution < 1.29 is 10.00 Å². The van der Waals surface area contributed by atoms with E-state index in [0.29, 0.717) is 29.4 Å². The van der Waals surface area contributed by atoms with E-state index < -0.39 is 0 Å². The van der Waals surface area contributed by atoms with Crippen LogP contribution in [0.15, 0.2) is 22.9 Å². The third kappa shape index (κ3) is 2.18. The number of hydroxylamine groups is 2. The van der Waals surface area contributed by atoms with Gasteiger partial charge < -0.3 is 5.53 Å². The van der Waals surface area contributed by atoms with Gasteiger partial charge in [0.2, 0.25) is 0 Å². The SMILES string of the molecule is CCN(O)C1=CCC(=[N+]=[N-])C=C1Cl. The summed E-state index contributed by atoms with van der Waals surface area (Å²) in [6, 6.07) is 0. The molecule has 0 unspecified atom stereocenters. The Labute approximate surface area is 81.3 Å². The van der Waals surface area contributed by atoms with Gasteiger partial charge in [-0.25, -0.2) is 0 Å². The van der Waals surface area contributed by atoms with Crippen LogP contribution in [0.2, 0.25) is 0 Å². The van der Waals surface area contributed by atoms with Gasteiger partial charge in [-0.3, -0.25) is 10.3 Å². The van der Waals surface area contributed by atoms with Crippen molar-refractivity contribution >= 4 is 17.3 Å². The fourth-order valence-corrected chi connectivity index (χ4v) is 1.35. The molecule has 0 aliphatic heterocycles. The number of hydrogen-bond donors (Lipinski definition) is 1. The number of halogens is 1. The number of nitrogens with zero attached hydrogens (tertiary/aromatic N) is 3. The number of allylic oxidation sites excluding steroid dienone is 3. The minimum absolute atomic E-state index is 0.378. The maximum atomic E-state index is 9.35. The van der Waals surface area contributed by atoms with Crippen LogP contribution in [-0.4, -0.2) is 27.3 Å². The van der Waals surface area contributed by atoms with E-state index in [0.717, 1.165) is 5.06 Å². The molecule has 0 amide bonds. The molecular weight excluding hydrogens is 190 g/mol. The van der Waals surface area contributed by atoms with E-state index in [9.17, 15) is 5.21 Å². The Morgan fingerprint density at radius 2 is 2.46 bits per heavy atom. The molecule has 5 heteroatoms. The van der Waals surface area contributed by atoms with E-state index in [1.165, 1.54) is 6.08 Å². The fraction of sp³-hybridized carbons (Fsp3) is 0.375. The number of hydrogen-bond acceptors (Lipinski definition) is 2. The first-order valence-corrected chi connectivity index (χ1v) is 4.32. The molecule has 1 aliphatic rings. The molecule has 1 aliphatic carbocycles. The highest BCUT2D eigenvalue weighted by molar-refractivity contribution is 6.33. The lowest BCUT2D eigenvalue weighted by molar-refractivity contribution is -0.0473. The maximum Gasteiger partial charge on any atom is 0.297 e. The van der Waals surface area contributed by atoms with Gasteiger partial charge in [0.15, 0.2) is 0 Å². The normalized spacial score (nSPS) is 16.1. The van der Waals surface area contributed by atoms with Crippen molar-refractivity contribution in [1.82, 2.24) is 5.06 Å². The van der Waals surface area contributed by atoms with Gasteiger partial charge >= 0.3 is 0 Å². The summed E-state index contributed by atoms with van der Waals surface area (Å²) < 4.78 is 0. The van der Waals surface area contributed by atoms with Crippen molar-refractivity contribution in [2.75, 3.05) is 6.54 Å². The van der Waals surface area contributed by atoms with E-state index in [-0.39, 0.29) is 0 Å². The van der Waals surface area contributed by atoms with Crippen molar-refractivity contribution in [3.05, 3.63) is 28.4 Å². The lowest BCUT2D eigenvalue weighted by atomic mass is 10.1. The van der Waals surface area contributed by atoms with Crippen molar-refractivity contribution in [2.24, 2.45) is 0 Å². The highest BCUT2D eigenvalue weighted by atomic mass is 35.5. The van der Waals surface area contributed by atoms with Gasteiger partial charge in [-0.1, -0.05) is 11.6 Å². The van der Waals surface area contributed by atoms with Crippen LogP contribution in [0.1, 0.15) is 13.3 Å². The first-order chi connectivity index (χ1) is 6.19. The van der Waals surface area contributed by atoms with E-state index in [2.05, 4.69) is 4.79 Å². The smallest absolute Gasteiger partial charge is 0.297 e. The molecule has 0 heterocycles. The highest BCUT2D eigenvalue weighted by Gasteiger charge is 2.17. The summed E-state index contributed by atoms with van der Waals surface area (Å²) >= 11 is 5.83. The molecule has 0 radical (unpaired) electrons. The van der Waals surface area contributed by atoms with Gasteiger partial charge in [-0.05, 0) is 13.0 Å². The molecule has 0 saturated carbocycles. The second kappa shape index (κ2) is 4.23. The molecule has 0 spiro atoms. The van der Waals surface area contributed by atoms with Crippen molar-refractivity contribution in [1.29, 1.82) is 0 Å². The van der Waals surface area contributed by atoms with Crippen LogP contribution >= 0.6 is 11.6 Å². The van der Waals surface area contributed by atoms with E-state index in [1.54, 1.807) is 13.0 Å². The Balaban J connectivity index is 2.88. The Bertz CT molecular complexity index is 315. The zero-order valence-electron chi connectivity index (χ0n) is 7.24. The summed E-state index contributed by atoms with van der Waals surface area (Å²) in [5.41, 5.74) is 9.51. The van der Waals surface area contributed by atoms with Gasteiger partial charge in [0, 0.05) is 12.6 Å². The van der Waals surface area contributed by atoms with Crippen molar-refractivity contribution in [3.63, 3.8) is 0 Å². The number of rotatable bonds is 2. The Morgan fingerprint density at radius 1 is 1.77 bits per heavy atom. The number of likely N-dealkylation sites (N-methyl/N-ethyl adjacent to an activating group) is 1. The molecule has 0 bridgehead atoms. The third-order valence-electron chi connectivity index (χ3n) is 1.75. The van der Waals surface area contributed by atoms with Crippen molar-refractivity contribution in [3.8, 4) is 0 Å². The van der Waals surface area contributed by atoms with Gasteiger partial charge in [-0.2, -0.15) is 4.79 Å². The van der Waals surface area contributed by atoms with Crippen LogP contribution in [0, 0.1) is 0 Å². The molecule has 70 valence electrons. The first-order valence-electron chi connectivity index (χ1n) is 3.94. The molecule has 0 fully saturated rings. The van der Waals surface area contributed by atoms with Crippen LogP contribution in [0.4, 0.5) is 0 Å². The molecule has 0 aromatic heterocycles. The molecule has 13 heavy (non-hydrogen) atoms. The minimum atomic E-state index is 0.378. The summed E-state index contributed by atoms with van der Waals surface area (Å²) in [6.45, 7) is 2.27. The van der Waals surface area contributed by atoms with E-state index in [1.807, 2.05) is 0 Å². The summed E-state index contributed by atoms with van der Waals surface area (Å²) in [4.78, 5) is 3.03. The van der Waals surface area contributed by atoms with Gasteiger partial charge in [0.1, 0.15) is 0 Å². The molecule has 0 aromatic carbocycles. The van der Waals surface area contributed by atoms with Crippen LogP contribution in [-0.2, 0) is 0 Å². The van der Waals surface area contributed by atoms with E-state index >= 15 is 0 Å². The fourth-order valence-electron chi connectivity index (χ4n) is 1.05. The summed E-state index contributed by atoms with van der Waals surface area (Å²) in [6.07, 6.45) is 3.70. The second-order valence-corrected chi connectivity index (χ2v) is 3.00. The first kappa shape index (κ1) is 9.99. The van der Waals surface area contributed by atoms with Crippen LogP contribution in [0.5, 0.6) is 0 Å². The standard InChI is InChI=1S/C8H10ClN3O/c1-2-12(13)8-4-3-6(11-10)5-7(8)9/h4-5,13H,2-3H2,1H3. The maximum absolute atomic E-state index is 9.35. The van der Waals surface area contributed by atoms with Gasteiger partial charge in [0.25, 0.3) is 5.71 Å². The Kier molecular flexibility index (Phi) is 3.25. The Hall–Kier alpha value is -1.09. The monoisotopic (exact) mass is 199 g/mol. The van der Waals surface area contributed by atoms with Crippen LogP contribution < -0.4 is 0 Å². The van der Waals surface area contributed by atoms with Gasteiger partial charge in [-0.15, -0.1) is 0 Å². The summed E-state index contributed by atoms with van der Waals surface area (Å²) in [7, 11) is 0. The van der Waals surface area contributed by atoms with Crippen LogP contribution in [0.3, 0.4) is 0 Å². The molecule has 0 saturated heterocycles. The average Bonchev–Trinajstić information content (AvgIpc) is 2.16. The lowest BCUT2D eigenvalue weighted by Gasteiger charge is -2.19. The molecule has 1 N–H and O–H groups in total. The largest absolute Gasteiger partial charge is 0.361 e. The molecule has 0 aromatic rings. The quantitative estimate of drug-likeness (QED) is 0.419. The van der Waals surface area contributed by atoms with E-state index in [4.69, 9.17) is 17.1 Å². The Morgan fingerprint density at radius 3 is 2.92 bits per heavy atom. The average molecular weight is 200 g/mol. The molecule has 4 nitrogen and oxygen atoms in total. The second-order valence-electron chi connectivity index (χ2n) is 2.59. The minimum Gasteiger partial charge on any atom is -0.361 e. The zero-order valence-corrected chi connectivity index (χ0v) is 7.99. The molecule has 0 atom stereocenters. The topological polar surface area (TPSA) is 59.9 Å². The highest BCUT2D eigenvalue weighted by Crippen LogP contribution is 2.22. The van der Waals surface area contributed by atoms with Crippen molar-refractivity contribution in [2.45, 2.75) is 13.3 Å².